The van der Waals surface area contributed by atoms with Crippen LogP contribution in [0.4, 0.5) is 0 Å². The molecule has 1 saturated carbocycles. The highest BCUT2D eigenvalue weighted by Gasteiger charge is 2.21. The molecule has 1 aromatic rings. The fourth-order valence-corrected chi connectivity index (χ4v) is 3.81. The van der Waals surface area contributed by atoms with E-state index in [9.17, 15) is 8.42 Å². The fraction of sp³-hybridized carbons (Fsp3) is 0.562. The third-order valence-corrected chi connectivity index (χ3v) is 5.92. The van der Waals surface area contributed by atoms with E-state index in [0.29, 0.717) is 17.0 Å². The van der Waals surface area contributed by atoms with E-state index in [1.165, 1.54) is 31.4 Å². The Morgan fingerprint density at radius 1 is 1.29 bits per heavy atom. The molecule has 0 aromatic heterocycles. The van der Waals surface area contributed by atoms with Crippen LogP contribution in [0.25, 0.3) is 0 Å². The van der Waals surface area contributed by atoms with Gasteiger partial charge in [-0.15, -0.1) is 0 Å². The van der Waals surface area contributed by atoms with Crippen LogP contribution in [0, 0.1) is 17.2 Å². The van der Waals surface area contributed by atoms with E-state index >= 15 is 0 Å². The normalized spacial score (nSPS) is 15.7. The van der Waals surface area contributed by atoms with E-state index < -0.39 is 9.84 Å². The first-order valence-electron chi connectivity index (χ1n) is 7.50. The first-order valence-corrected chi connectivity index (χ1v) is 9.15. The second kappa shape index (κ2) is 7.06. The van der Waals surface area contributed by atoms with Gasteiger partial charge in [-0.25, -0.2) is 8.42 Å². The molecule has 0 N–H and O–H groups in total. The Morgan fingerprint density at radius 3 is 2.43 bits per heavy atom. The number of nitrogens with zero attached hydrogens (tertiary/aromatic N) is 2. The van der Waals surface area contributed by atoms with E-state index in [0.717, 1.165) is 19.0 Å². The van der Waals surface area contributed by atoms with Crippen LogP contribution in [0.3, 0.4) is 0 Å². The molecular formula is C16H22N2O2S. The quantitative estimate of drug-likeness (QED) is 0.776. The van der Waals surface area contributed by atoms with Crippen molar-refractivity contribution >= 4 is 9.84 Å². The summed E-state index contributed by atoms with van der Waals surface area (Å²) in [5.41, 5.74) is 0.481. The number of hydrogen-bond acceptors (Lipinski definition) is 4. The zero-order valence-electron chi connectivity index (χ0n) is 12.5. The average Bonchev–Trinajstić information content (AvgIpc) is 2.45. The van der Waals surface area contributed by atoms with Gasteiger partial charge >= 0.3 is 0 Å². The highest BCUT2D eigenvalue weighted by atomic mass is 32.2. The maximum Gasteiger partial charge on any atom is 0.179 e. The van der Waals surface area contributed by atoms with Gasteiger partial charge in [-0.05, 0) is 49.6 Å². The van der Waals surface area contributed by atoms with Crippen molar-refractivity contribution < 1.29 is 8.42 Å². The second-order valence-electron chi connectivity index (χ2n) is 5.65. The topological polar surface area (TPSA) is 61.2 Å². The van der Waals surface area contributed by atoms with Crippen molar-refractivity contribution in [2.75, 3.05) is 25.4 Å². The smallest absolute Gasteiger partial charge is 0.179 e. The molecule has 21 heavy (non-hydrogen) atoms. The van der Waals surface area contributed by atoms with Crippen molar-refractivity contribution in [3.8, 4) is 6.07 Å². The molecule has 2 rings (SSSR count). The molecule has 0 aliphatic heterocycles. The van der Waals surface area contributed by atoms with Crippen molar-refractivity contribution in [2.24, 2.45) is 5.92 Å². The van der Waals surface area contributed by atoms with Crippen molar-refractivity contribution in [1.82, 2.24) is 4.90 Å². The minimum atomic E-state index is -3.27. The summed E-state index contributed by atoms with van der Waals surface area (Å²) in [5.74, 6) is 0.891. The Kier molecular flexibility index (Phi) is 5.38. The minimum Gasteiger partial charge on any atom is -0.302 e. The molecule has 0 atom stereocenters. The molecular weight excluding hydrogens is 284 g/mol. The molecule has 1 aliphatic rings. The molecule has 4 nitrogen and oxygen atoms in total. The van der Waals surface area contributed by atoms with Gasteiger partial charge in [0.15, 0.2) is 9.84 Å². The van der Waals surface area contributed by atoms with Gasteiger partial charge in [0, 0.05) is 13.1 Å². The number of nitriles is 1. The molecule has 114 valence electrons. The molecule has 0 unspecified atom stereocenters. The molecule has 1 aromatic carbocycles. The van der Waals surface area contributed by atoms with E-state index in [4.69, 9.17) is 5.26 Å². The van der Waals surface area contributed by atoms with Crippen LogP contribution < -0.4 is 0 Å². The van der Waals surface area contributed by atoms with Gasteiger partial charge in [0.05, 0.1) is 22.3 Å². The summed E-state index contributed by atoms with van der Waals surface area (Å²) in [5, 5.41) is 8.75. The van der Waals surface area contributed by atoms with E-state index in [-0.39, 0.29) is 5.75 Å². The maximum absolute atomic E-state index is 12.3. The van der Waals surface area contributed by atoms with Crippen molar-refractivity contribution in [3.05, 3.63) is 29.8 Å². The second-order valence-corrected chi connectivity index (χ2v) is 7.75. The van der Waals surface area contributed by atoms with Crippen LogP contribution in [0.1, 0.15) is 31.7 Å². The van der Waals surface area contributed by atoms with Crippen LogP contribution in [-0.4, -0.2) is 38.7 Å². The Hall–Kier alpha value is -1.38. The molecule has 0 heterocycles. The molecule has 5 heteroatoms. The highest BCUT2D eigenvalue weighted by Crippen LogP contribution is 2.27. The molecule has 0 spiro atoms. The summed E-state index contributed by atoms with van der Waals surface area (Å²) in [6.45, 7) is 4.56. The van der Waals surface area contributed by atoms with Crippen molar-refractivity contribution in [3.63, 3.8) is 0 Å². The van der Waals surface area contributed by atoms with Crippen LogP contribution >= 0.6 is 0 Å². The third-order valence-electron chi connectivity index (χ3n) is 4.21. The number of rotatable bonds is 7. The zero-order chi connectivity index (χ0) is 15.3. The SMILES string of the molecule is CCN(CCS(=O)(=O)c1ccc(C#N)cc1)CC1CCC1. The monoisotopic (exact) mass is 306 g/mol. The first-order chi connectivity index (χ1) is 10.0. The molecule has 0 saturated heterocycles. The first kappa shape index (κ1) is 16.0. The van der Waals surface area contributed by atoms with Gasteiger partial charge in [0.2, 0.25) is 0 Å². The van der Waals surface area contributed by atoms with E-state index in [1.807, 2.05) is 6.07 Å². The van der Waals surface area contributed by atoms with Crippen LogP contribution in [0.5, 0.6) is 0 Å². The van der Waals surface area contributed by atoms with Crippen LogP contribution in [-0.2, 0) is 9.84 Å². The highest BCUT2D eigenvalue weighted by molar-refractivity contribution is 7.91. The van der Waals surface area contributed by atoms with Gasteiger partial charge in [-0.1, -0.05) is 13.3 Å². The van der Waals surface area contributed by atoms with Gasteiger partial charge in [-0.2, -0.15) is 5.26 Å². The predicted octanol–water partition coefficient (Wildman–Crippen LogP) is 2.45. The molecule has 1 fully saturated rings. The summed E-state index contributed by atoms with van der Waals surface area (Å²) in [7, 11) is -3.27. The lowest BCUT2D eigenvalue weighted by Crippen LogP contribution is -2.35. The Labute approximate surface area is 127 Å². The molecule has 0 radical (unpaired) electrons. The molecule has 0 bridgehead atoms. The lowest BCUT2D eigenvalue weighted by molar-refractivity contribution is 0.191. The number of hydrogen-bond donors (Lipinski definition) is 0. The van der Waals surface area contributed by atoms with Crippen molar-refractivity contribution in [1.29, 1.82) is 5.26 Å². The maximum atomic E-state index is 12.3. The van der Waals surface area contributed by atoms with E-state index in [1.54, 1.807) is 12.1 Å². The Morgan fingerprint density at radius 2 is 1.95 bits per heavy atom. The minimum absolute atomic E-state index is 0.138. The largest absolute Gasteiger partial charge is 0.302 e. The molecule has 1 aliphatic carbocycles. The number of benzene rings is 1. The van der Waals surface area contributed by atoms with Gasteiger partial charge in [0.25, 0.3) is 0 Å². The lowest BCUT2D eigenvalue weighted by atomic mass is 9.85. The zero-order valence-corrected chi connectivity index (χ0v) is 13.3. The summed E-state index contributed by atoms with van der Waals surface area (Å²) < 4.78 is 24.6. The van der Waals surface area contributed by atoms with Crippen LogP contribution in [0.15, 0.2) is 29.2 Å². The van der Waals surface area contributed by atoms with Crippen molar-refractivity contribution in [2.45, 2.75) is 31.1 Å². The van der Waals surface area contributed by atoms with Gasteiger partial charge in [0.1, 0.15) is 0 Å². The summed E-state index contributed by atoms with van der Waals surface area (Å²) >= 11 is 0. The number of sulfone groups is 1. The summed E-state index contributed by atoms with van der Waals surface area (Å²) in [4.78, 5) is 2.53. The Bertz CT molecular complexity index is 598. The third kappa shape index (κ3) is 4.29. The summed E-state index contributed by atoms with van der Waals surface area (Å²) in [6.07, 6.45) is 3.86. The fourth-order valence-electron chi connectivity index (χ4n) is 2.52. The lowest BCUT2D eigenvalue weighted by Gasteiger charge is -2.31. The van der Waals surface area contributed by atoms with Gasteiger partial charge < -0.3 is 4.90 Å². The van der Waals surface area contributed by atoms with Crippen LogP contribution in [0.2, 0.25) is 0 Å². The summed E-state index contributed by atoms with van der Waals surface area (Å²) in [6, 6.07) is 8.15. The standard InChI is InChI=1S/C16H22N2O2S/c1-2-18(13-15-4-3-5-15)10-11-21(19,20)16-8-6-14(12-17)7-9-16/h6-9,15H,2-5,10-11,13H2,1H3. The Balaban J connectivity index is 1.94. The predicted molar refractivity (Wildman–Crippen MR) is 82.7 cm³/mol. The average molecular weight is 306 g/mol. The molecule has 0 amide bonds. The van der Waals surface area contributed by atoms with Gasteiger partial charge in [-0.3, -0.25) is 0 Å². The van der Waals surface area contributed by atoms with E-state index in [2.05, 4.69) is 11.8 Å².